The molecule has 5 nitrogen and oxygen atoms in total. The molecule has 0 fully saturated rings. The van der Waals surface area contributed by atoms with Gasteiger partial charge < -0.3 is 15.4 Å². The predicted octanol–water partition coefficient (Wildman–Crippen LogP) is 5.27. The van der Waals surface area contributed by atoms with Crippen molar-refractivity contribution in [1.29, 1.82) is 0 Å². The molecule has 1 unspecified atom stereocenters. The van der Waals surface area contributed by atoms with Gasteiger partial charge in [-0.15, -0.1) is 0 Å². The van der Waals surface area contributed by atoms with E-state index in [9.17, 15) is 9.00 Å². The third-order valence-electron chi connectivity index (χ3n) is 4.72. The van der Waals surface area contributed by atoms with Crippen LogP contribution in [0.15, 0.2) is 95.9 Å². The molecule has 30 heavy (non-hydrogen) atoms. The van der Waals surface area contributed by atoms with E-state index in [4.69, 9.17) is 0 Å². The third kappa shape index (κ3) is 4.34. The molecule has 1 atom stereocenters. The number of benzene rings is 4. The van der Waals surface area contributed by atoms with E-state index in [2.05, 4.69) is 15.4 Å². The second-order valence-corrected chi connectivity index (χ2v) is 7.92. The first-order valence-corrected chi connectivity index (χ1v) is 10.6. The Morgan fingerprint density at radius 2 is 1.47 bits per heavy atom. The first kappa shape index (κ1) is 19.7. The molecule has 0 aliphatic rings. The minimum atomic E-state index is -1.46. The molecule has 0 saturated heterocycles. The predicted molar refractivity (Wildman–Crippen MR) is 124 cm³/mol. The maximum atomic E-state index is 12.9. The SMILES string of the molecule is CNc1ccc(NS(=O)c2cccc(NC(=O)c3cccc4ccccc34)c2)cc1. The minimum Gasteiger partial charge on any atom is -0.388 e. The lowest BCUT2D eigenvalue weighted by Gasteiger charge is -2.11. The Balaban J connectivity index is 1.51. The lowest BCUT2D eigenvalue weighted by Crippen LogP contribution is -2.13. The molecular formula is C24H21N3O2S. The van der Waals surface area contributed by atoms with Crippen LogP contribution in [0.1, 0.15) is 10.4 Å². The lowest BCUT2D eigenvalue weighted by molar-refractivity contribution is 0.102. The molecule has 4 aromatic rings. The van der Waals surface area contributed by atoms with E-state index in [1.807, 2.05) is 67.7 Å². The zero-order valence-corrected chi connectivity index (χ0v) is 17.2. The van der Waals surface area contributed by atoms with Crippen LogP contribution in [0.5, 0.6) is 0 Å². The Morgan fingerprint density at radius 3 is 2.27 bits per heavy atom. The summed E-state index contributed by atoms with van der Waals surface area (Å²) in [5, 5.41) is 7.86. The second-order valence-electron chi connectivity index (χ2n) is 6.71. The van der Waals surface area contributed by atoms with E-state index in [1.165, 1.54) is 0 Å². The molecule has 0 radical (unpaired) electrons. The van der Waals surface area contributed by atoms with Crippen molar-refractivity contribution >= 4 is 44.7 Å². The van der Waals surface area contributed by atoms with Crippen LogP contribution in [0, 0.1) is 0 Å². The van der Waals surface area contributed by atoms with Gasteiger partial charge in [0.1, 0.15) is 11.0 Å². The maximum Gasteiger partial charge on any atom is 0.256 e. The fourth-order valence-electron chi connectivity index (χ4n) is 3.18. The molecular weight excluding hydrogens is 394 g/mol. The van der Waals surface area contributed by atoms with Crippen molar-refractivity contribution in [3.63, 3.8) is 0 Å². The fraction of sp³-hybridized carbons (Fsp3) is 0.0417. The van der Waals surface area contributed by atoms with Gasteiger partial charge in [-0.25, -0.2) is 4.21 Å². The largest absolute Gasteiger partial charge is 0.388 e. The zero-order valence-electron chi connectivity index (χ0n) is 16.4. The van der Waals surface area contributed by atoms with Gasteiger partial charge >= 0.3 is 0 Å². The van der Waals surface area contributed by atoms with Gasteiger partial charge in [0.25, 0.3) is 5.91 Å². The monoisotopic (exact) mass is 415 g/mol. The molecule has 0 bridgehead atoms. The van der Waals surface area contributed by atoms with Crippen molar-refractivity contribution < 1.29 is 9.00 Å². The number of carbonyl (C=O) groups is 1. The molecule has 3 N–H and O–H groups in total. The normalized spacial score (nSPS) is 11.6. The second kappa shape index (κ2) is 8.80. The van der Waals surface area contributed by atoms with Crippen LogP contribution >= 0.6 is 0 Å². The summed E-state index contributed by atoms with van der Waals surface area (Å²) < 4.78 is 15.7. The first-order chi connectivity index (χ1) is 14.6. The number of fused-ring (bicyclic) bond motifs is 1. The molecule has 0 aromatic heterocycles. The molecule has 6 heteroatoms. The number of nitrogens with one attached hydrogen (secondary N) is 3. The summed E-state index contributed by atoms with van der Waals surface area (Å²) in [6, 6.07) is 28.0. The number of hydrogen-bond donors (Lipinski definition) is 3. The van der Waals surface area contributed by atoms with Crippen molar-refractivity contribution in [2.75, 3.05) is 22.4 Å². The summed E-state index contributed by atoms with van der Waals surface area (Å²) in [5.41, 5.74) is 2.91. The molecule has 1 amide bonds. The number of carbonyl (C=O) groups excluding carboxylic acids is 1. The smallest absolute Gasteiger partial charge is 0.256 e. The molecule has 0 heterocycles. The van der Waals surface area contributed by atoms with Gasteiger partial charge in [0.2, 0.25) is 0 Å². The van der Waals surface area contributed by atoms with Crippen molar-refractivity contribution in [3.8, 4) is 0 Å². The van der Waals surface area contributed by atoms with Gasteiger partial charge in [-0.05, 0) is 59.3 Å². The van der Waals surface area contributed by atoms with E-state index in [-0.39, 0.29) is 5.91 Å². The molecule has 150 valence electrons. The standard InChI is InChI=1S/C24H21N3O2S/c1-25-18-12-14-19(15-13-18)27-30(29)21-9-5-8-20(16-21)26-24(28)23-11-4-7-17-6-2-3-10-22(17)23/h2-16,25,27H,1H3,(H,26,28). The van der Waals surface area contributed by atoms with Crippen molar-refractivity contribution in [3.05, 3.63) is 96.6 Å². The van der Waals surface area contributed by atoms with Gasteiger partial charge in [0.05, 0.1) is 4.90 Å². The molecule has 4 aromatic carbocycles. The Bertz CT molecular complexity index is 1220. The summed E-state index contributed by atoms with van der Waals surface area (Å²) in [4.78, 5) is 13.4. The quantitative estimate of drug-likeness (QED) is 0.402. The lowest BCUT2D eigenvalue weighted by atomic mass is 10.0. The average Bonchev–Trinajstić information content (AvgIpc) is 2.79. The fourth-order valence-corrected chi connectivity index (χ4v) is 4.09. The highest BCUT2D eigenvalue weighted by molar-refractivity contribution is 7.86. The summed E-state index contributed by atoms with van der Waals surface area (Å²) >= 11 is 0. The summed E-state index contributed by atoms with van der Waals surface area (Å²) in [6.07, 6.45) is 0. The summed E-state index contributed by atoms with van der Waals surface area (Å²) in [7, 11) is 0.389. The van der Waals surface area contributed by atoms with Gasteiger partial charge in [0, 0.05) is 29.7 Å². The Labute approximate surface area is 177 Å². The van der Waals surface area contributed by atoms with E-state index in [1.54, 1.807) is 30.3 Å². The van der Waals surface area contributed by atoms with E-state index in [0.29, 0.717) is 16.1 Å². The Hall–Kier alpha value is -3.64. The molecule has 0 aliphatic heterocycles. The van der Waals surface area contributed by atoms with Gasteiger partial charge in [-0.1, -0.05) is 42.5 Å². The highest BCUT2D eigenvalue weighted by Crippen LogP contribution is 2.22. The van der Waals surface area contributed by atoms with Crippen LogP contribution in [0.25, 0.3) is 10.8 Å². The van der Waals surface area contributed by atoms with Crippen molar-refractivity contribution in [2.24, 2.45) is 0 Å². The zero-order chi connectivity index (χ0) is 20.9. The minimum absolute atomic E-state index is 0.203. The molecule has 0 saturated carbocycles. The van der Waals surface area contributed by atoms with Crippen LogP contribution in [0.4, 0.5) is 17.1 Å². The molecule has 4 rings (SSSR count). The number of amides is 1. The number of rotatable bonds is 6. The molecule has 0 aliphatic carbocycles. The Morgan fingerprint density at radius 1 is 0.767 bits per heavy atom. The average molecular weight is 416 g/mol. The topological polar surface area (TPSA) is 70.2 Å². The van der Waals surface area contributed by atoms with Gasteiger partial charge in [0.15, 0.2) is 0 Å². The van der Waals surface area contributed by atoms with E-state index >= 15 is 0 Å². The highest BCUT2D eigenvalue weighted by Gasteiger charge is 2.11. The number of hydrogen-bond acceptors (Lipinski definition) is 3. The summed E-state index contributed by atoms with van der Waals surface area (Å²) in [5.74, 6) is -0.203. The van der Waals surface area contributed by atoms with Crippen LogP contribution in [0.3, 0.4) is 0 Å². The Kier molecular flexibility index (Phi) is 5.77. The van der Waals surface area contributed by atoms with Crippen molar-refractivity contribution in [2.45, 2.75) is 4.90 Å². The van der Waals surface area contributed by atoms with Crippen LogP contribution < -0.4 is 15.4 Å². The van der Waals surface area contributed by atoms with Gasteiger partial charge in [-0.2, -0.15) is 0 Å². The van der Waals surface area contributed by atoms with Gasteiger partial charge in [-0.3, -0.25) is 4.79 Å². The van der Waals surface area contributed by atoms with Crippen LogP contribution in [-0.4, -0.2) is 17.2 Å². The third-order valence-corrected chi connectivity index (χ3v) is 5.83. The first-order valence-electron chi connectivity index (χ1n) is 9.49. The highest BCUT2D eigenvalue weighted by atomic mass is 32.2. The number of anilines is 3. The van der Waals surface area contributed by atoms with Crippen molar-refractivity contribution in [1.82, 2.24) is 0 Å². The van der Waals surface area contributed by atoms with E-state index < -0.39 is 11.0 Å². The molecule has 0 spiro atoms. The summed E-state index contributed by atoms with van der Waals surface area (Å²) in [6.45, 7) is 0. The van der Waals surface area contributed by atoms with Crippen LogP contribution in [0.2, 0.25) is 0 Å². The maximum absolute atomic E-state index is 12.9. The van der Waals surface area contributed by atoms with Crippen LogP contribution in [-0.2, 0) is 11.0 Å². The van der Waals surface area contributed by atoms with E-state index in [0.717, 1.165) is 22.1 Å².